The van der Waals surface area contributed by atoms with Gasteiger partial charge in [-0.2, -0.15) is 0 Å². The van der Waals surface area contributed by atoms with Crippen LogP contribution in [0.1, 0.15) is 21.7 Å². The summed E-state index contributed by atoms with van der Waals surface area (Å²) in [6.07, 6.45) is 1.79. The number of carboxylic acids is 1. The fourth-order valence-electron chi connectivity index (χ4n) is 1.23. The van der Waals surface area contributed by atoms with Crippen LogP contribution in [0.4, 0.5) is 5.13 Å². The van der Waals surface area contributed by atoms with Gasteiger partial charge in [-0.05, 0) is 18.6 Å². The number of aryl methyl sites for hydroxylation is 1. The lowest BCUT2D eigenvalue weighted by atomic mass is 10.2. The average molecular weight is 249 g/mol. The summed E-state index contributed by atoms with van der Waals surface area (Å²) < 4.78 is 0. The Morgan fingerprint density at radius 2 is 2.35 bits per heavy atom. The number of rotatable bonds is 4. The Balaban J connectivity index is 1.97. The Hall–Kier alpha value is -1.95. The van der Waals surface area contributed by atoms with Crippen LogP contribution in [-0.2, 0) is 6.54 Å². The normalized spacial score (nSPS) is 10.2. The number of carbonyl (C=O) groups is 1. The first-order valence-corrected chi connectivity index (χ1v) is 5.87. The highest BCUT2D eigenvalue weighted by atomic mass is 32.1. The number of pyridine rings is 1. The number of hydrogen-bond donors (Lipinski definition) is 2. The van der Waals surface area contributed by atoms with Gasteiger partial charge < -0.3 is 10.4 Å². The molecule has 2 aromatic rings. The summed E-state index contributed by atoms with van der Waals surface area (Å²) in [5.41, 5.74) is 2.07. The van der Waals surface area contributed by atoms with Crippen LogP contribution in [0.25, 0.3) is 0 Å². The highest BCUT2D eigenvalue weighted by molar-refractivity contribution is 7.13. The first-order valence-electron chi connectivity index (χ1n) is 4.99. The Morgan fingerprint density at radius 3 is 2.94 bits per heavy atom. The standard InChI is InChI=1S/C11H11N3O2S/c1-7-2-3-8(4-12-7)5-13-11-14-9(6-17-11)10(15)16/h2-4,6H,5H2,1H3,(H,13,14)(H,15,16). The van der Waals surface area contributed by atoms with E-state index in [0.29, 0.717) is 11.7 Å². The highest BCUT2D eigenvalue weighted by Gasteiger charge is 2.07. The van der Waals surface area contributed by atoms with E-state index < -0.39 is 5.97 Å². The van der Waals surface area contributed by atoms with Crippen LogP contribution in [0.2, 0.25) is 0 Å². The number of nitrogens with zero attached hydrogens (tertiary/aromatic N) is 2. The lowest BCUT2D eigenvalue weighted by molar-refractivity contribution is 0.0691. The van der Waals surface area contributed by atoms with Gasteiger partial charge in [-0.1, -0.05) is 6.07 Å². The third-order valence-electron chi connectivity index (χ3n) is 2.14. The van der Waals surface area contributed by atoms with E-state index in [2.05, 4.69) is 15.3 Å². The fraction of sp³-hybridized carbons (Fsp3) is 0.182. The van der Waals surface area contributed by atoms with Crippen molar-refractivity contribution in [2.45, 2.75) is 13.5 Å². The molecular formula is C11H11N3O2S. The zero-order valence-electron chi connectivity index (χ0n) is 9.17. The number of aromatic carboxylic acids is 1. The molecule has 0 fully saturated rings. The van der Waals surface area contributed by atoms with E-state index in [0.717, 1.165) is 11.3 Å². The molecule has 0 saturated carbocycles. The lowest BCUT2D eigenvalue weighted by Crippen LogP contribution is -2.01. The molecule has 0 spiro atoms. The third kappa shape index (κ3) is 3.01. The van der Waals surface area contributed by atoms with E-state index in [1.54, 1.807) is 6.20 Å². The van der Waals surface area contributed by atoms with Crippen molar-refractivity contribution < 1.29 is 9.90 Å². The molecule has 5 nitrogen and oxygen atoms in total. The second-order valence-corrected chi connectivity index (χ2v) is 4.36. The van der Waals surface area contributed by atoms with E-state index in [4.69, 9.17) is 5.11 Å². The fourth-order valence-corrected chi connectivity index (χ4v) is 1.92. The van der Waals surface area contributed by atoms with E-state index >= 15 is 0 Å². The van der Waals surface area contributed by atoms with Crippen LogP contribution >= 0.6 is 11.3 Å². The van der Waals surface area contributed by atoms with Crippen molar-refractivity contribution >= 4 is 22.4 Å². The maximum absolute atomic E-state index is 10.6. The van der Waals surface area contributed by atoms with Crippen molar-refractivity contribution in [1.82, 2.24) is 9.97 Å². The second kappa shape index (κ2) is 4.92. The molecule has 0 aliphatic heterocycles. The summed E-state index contributed by atoms with van der Waals surface area (Å²) in [5, 5.41) is 13.9. The molecule has 0 radical (unpaired) electrons. The van der Waals surface area contributed by atoms with Crippen LogP contribution in [-0.4, -0.2) is 21.0 Å². The van der Waals surface area contributed by atoms with Gasteiger partial charge in [0, 0.05) is 23.8 Å². The number of carboxylic acid groups (broad SMARTS) is 1. The average Bonchev–Trinajstić information content (AvgIpc) is 2.77. The minimum atomic E-state index is -1.01. The first kappa shape index (κ1) is 11.5. The van der Waals surface area contributed by atoms with E-state index in [9.17, 15) is 4.79 Å². The molecule has 0 atom stereocenters. The summed E-state index contributed by atoms with van der Waals surface area (Å²) in [4.78, 5) is 18.7. The van der Waals surface area contributed by atoms with Gasteiger partial charge in [0.2, 0.25) is 0 Å². The topological polar surface area (TPSA) is 75.1 Å². The molecule has 0 amide bonds. The molecule has 6 heteroatoms. The molecule has 0 unspecified atom stereocenters. The van der Waals surface area contributed by atoms with Gasteiger partial charge >= 0.3 is 5.97 Å². The molecule has 2 rings (SSSR count). The second-order valence-electron chi connectivity index (χ2n) is 3.50. The monoisotopic (exact) mass is 249 g/mol. The SMILES string of the molecule is Cc1ccc(CNc2nc(C(=O)O)cs2)cn1. The van der Waals surface area contributed by atoms with E-state index in [1.807, 2.05) is 19.1 Å². The predicted octanol–water partition coefficient (Wildman–Crippen LogP) is 2.16. The van der Waals surface area contributed by atoms with Gasteiger partial charge in [-0.15, -0.1) is 11.3 Å². The number of thiazole rings is 1. The maximum Gasteiger partial charge on any atom is 0.355 e. The number of hydrogen-bond acceptors (Lipinski definition) is 5. The maximum atomic E-state index is 10.6. The zero-order valence-corrected chi connectivity index (χ0v) is 9.99. The summed E-state index contributed by atoms with van der Waals surface area (Å²) in [7, 11) is 0. The van der Waals surface area contributed by atoms with Crippen molar-refractivity contribution in [1.29, 1.82) is 0 Å². The Bertz CT molecular complexity index is 522. The molecule has 0 saturated heterocycles. The number of nitrogens with one attached hydrogen (secondary N) is 1. The predicted molar refractivity (Wildman–Crippen MR) is 65.4 cm³/mol. The van der Waals surface area contributed by atoms with Crippen molar-refractivity contribution in [2.24, 2.45) is 0 Å². The Kier molecular flexibility index (Phi) is 3.34. The van der Waals surface area contributed by atoms with Crippen LogP contribution in [0, 0.1) is 6.92 Å². The first-order chi connectivity index (χ1) is 8.15. The summed E-state index contributed by atoms with van der Waals surface area (Å²) in [6.45, 7) is 2.51. The summed E-state index contributed by atoms with van der Waals surface area (Å²) in [5.74, 6) is -1.01. The zero-order chi connectivity index (χ0) is 12.3. The molecule has 88 valence electrons. The molecular weight excluding hydrogens is 238 g/mol. The van der Waals surface area contributed by atoms with Crippen LogP contribution in [0.3, 0.4) is 0 Å². The minimum absolute atomic E-state index is 0.0690. The number of anilines is 1. The Labute approximate surface area is 102 Å². The van der Waals surface area contributed by atoms with Gasteiger partial charge in [0.15, 0.2) is 10.8 Å². The molecule has 17 heavy (non-hydrogen) atoms. The molecule has 0 bridgehead atoms. The van der Waals surface area contributed by atoms with Crippen molar-refractivity contribution in [3.8, 4) is 0 Å². The van der Waals surface area contributed by atoms with Gasteiger partial charge in [0.05, 0.1) is 0 Å². The Morgan fingerprint density at radius 1 is 1.53 bits per heavy atom. The van der Waals surface area contributed by atoms with Gasteiger partial charge in [0.25, 0.3) is 0 Å². The third-order valence-corrected chi connectivity index (χ3v) is 2.94. The highest BCUT2D eigenvalue weighted by Crippen LogP contribution is 2.16. The molecule has 2 aromatic heterocycles. The van der Waals surface area contributed by atoms with Crippen LogP contribution < -0.4 is 5.32 Å². The van der Waals surface area contributed by atoms with Gasteiger partial charge in [-0.25, -0.2) is 9.78 Å². The lowest BCUT2D eigenvalue weighted by Gasteiger charge is -2.02. The van der Waals surface area contributed by atoms with Gasteiger partial charge in [0.1, 0.15) is 0 Å². The quantitative estimate of drug-likeness (QED) is 0.868. The molecule has 0 aromatic carbocycles. The smallest absolute Gasteiger partial charge is 0.355 e. The minimum Gasteiger partial charge on any atom is -0.476 e. The molecule has 2 N–H and O–H groups in total. The van der Waals surface area contributed by atoms with Crippen molar-refractivity contribution in [2.75, 3.05) is 5.32 Å². The number of aromatic nitrogens is 2. The largest absolute Gasteiger partial charge is 0.476 e. The van der Waals surface area contributed by atoms with Crippen LogP contribution in [0.5, 0.6) is 0 Å². The van der Waals surface area contributed by atoms with Crippen molar-refractivity contribution in [3.05, 3.63) is 40.7 Å². The molecule has 0 aliphatic carbocycles. The summed E-state index contributed by atoms with van der Waals surface area (Å²) >= 11 is 1.28. The molecule has 0 aliphatic rings. The molecule has 2 heterocycles. The van der Waals surface area contributed by atoms with E-state index in [-0.39, 0.29) is 5.69 Å². The van der Waals surface area contributed by atoms with Crippen molar-refractivity contribution in [3.63, 3.8) is 0 Å². The van der Waals surface area contributed by atoms with Crippen LogP contribution in [0.15, 0.2) is 23.7 Å². The van der Waals surface area contributed by atoms with E-state index in [1.165, 1.54) is 16.7 Å². The van der Waals surface area contributed by atoms with Gasteiger partial charge in [-0.3, -0.25) is 4.98 Å². The summed E-state index contributed by atoms with van der Waals surface area (Å²) in [6, 6.07) is 3.91.